The van der Waals surface area contributed by atoms with Crippen LogP contribution >= 0.6 is 0 Å². The van der Waals surface area contributed by atoms with E-state index in [2.05, 4.69) is 10.5 Å². The summed E-state index contributed by atoms with van der Waals surface area (Å²) in [5, 5.41) is 14.7. The van der Waals surface area contributed by atoms with Crippen molar-refractivity contribution in [1.29, 1.82) is 0 Å². The van der Waals surface area contributed by atoms with Gasteiger partial charge >= 0.3 is 0 Å². The molecule has 2 N–H and O–H groups in total. The lowest BCUT2D eigenvalue weighted by molar-refractivity contribution is -0.116. The molecule has 0 spiro atoms. The first-order valence-corrected chi connectivity index (χ1v) is 3.88. The second kappa shape index (κ2) is 2.29. The highest BCUT2D eigenvalue weighted by molar-refractivity contribution is 6.47. The fourth-order valence-electron chi connectivity index (χ4n) is 1.65. The van der Waals surface area contributed by atoms with E-state index in [1.54, 1.807) is 13.8 Å². The lowest BCUT2D eigenvalue weighted by atomic mass is 9.97. The minimum atomic E-state index is -0.620. The van der Waals surface area contributed by atoms with Gasteiger partial charge in [-0.2, -0.15) is 0 Å². The van der Waals surface area contributed by atoms with Gasteiger partial charge in [0.2, 0.25) is 5.78 Å². The van der Waals surface area contributed by atoms with Crippen LogP contribution in [0.2, 0.25) is 0 Å². The SMILES string of the molecule is CC1(C)NC(C)(C)C(=NO)C1=O. The van der Waals surface area contributed by atoms with E-state index in [9.17, 15) is 4.79 Å². The summed E-state index contributed by atoms with van der Waals surface area (Å²) in [7, 11) is 0. The molecule has 0 unspecified atom stereocenters. The van der Waals surface area contributed by atoms with Gasteiger partial charge in [0.05, 0.1) is 11.1 Å². The third kappa shape index (κ3) is 1.12. The van der Waals surface area contributed by atoms with Crippen LogP contribution in [0.15, 0.2) is 5.16 Å². The lowest BCUT2D eigenvalue weighted by Gasteiger charge is -2.21. The Morgan fingerprint density at radius 2 is 1.75 bits per heavy atom. The number of ketones is 1. The van der Waals surface area contributed by atoms with Crippen molar-refractivity contribution in [2.75, 3.05) is 0 Å². The van der Waals surface area contributed by atoms with E-state index in [1.165, 1.54) is 0 Å². The van der Waals surface area contributed by atoms with Gasteiger partial charge in [0.25, 0.3) is 0 Å². The third-order valence-corrected chi connectivity index (χ3v) is 2.10. The summed E-state index contributed by atoms with van der Waals surface area (Å²) in [5.41, 5.74) is -0.951. The van der Waals surface area contributed by atoms with Crippen LogP contribution in [0.1, 0.15) is 27.7 Å². The minimum absolute atomic E-state index is 0.144. The molecule has 0 amide bonds. The summed E-state index contributed by atoms with van der Waals surface area (Å²) in [6.07, 6.45) is 0. The van der Waals surface area contributed by atoms with Crippen LogP contribution in [0, 0.1) is 0 Å². The van der Waals surface area contributed by atoms with E-state index in [0.717, 1.165) is 0 Å². The zero-order chi connectivity index (χ0) is 9.57. The molecule has 0 saturated carbocycles. The van der Waals surface area contributed by atoms with Crippen LogP contribution < -0.4 is 5.32 Å². The van der Waals surface area contributed by atoms with Gasteiger partial charge in [0, 0.05) is 0 Å². The first-order chi connectivity index (χ1) is 5.31. The van der Waals surface area contributed by atoms with E-state index < -0.39 is 11.1 Å². The maximum Gasteiger partial charge on any atom is 0.201 e. The number of hydrogen-bond donors (Lipinski definition) is 2. The maximum atomic E-state index is 11.5. The second-order valence-corrected chi connectivity index (χ2v) is 4.15. The average Bonchev–Trinajstić information content (AvgIpc) is 1.98. The van der Waals surface area contributed by atoms with Crippen molar-refractivity contribution in [1.82, 2.24) is 5.32 Å². The largest absolute Gasteiger partial charge is 0.410 e. The number of rotatable bonds is 0. The molecule has 0 atom stereocenters. The first kappa shape index (κ1) is 9.19. The molecule has 1 fully saturated rings. The van der Waals surface area contributed by atoms with Crippen molar-refractivity contribution in [2.24, 2.45) is 5.16 Å². The molecule has 0 aromatic rings. The smallest absolute Gasteiger partial charge is 0.201 e. The van der Waals surface area contributed by atoms with E-state index >= 15 is 0 Å². The van der Waals surface area contributed by atoms with Gasteiger partial charge in [0.1, 0.15) is 5.71 Å². The number of carbonyl (C=O) groups is 1. The normalized spacial score (nSPS) is 29.7. The molecule has 4 heteroatoms. The van der Waals surface area contributed by atoms with Crippen molar-refractivity contribution in [3.05, 3.63) is 0 Å². The van der Waals surface area contributed by atoms with E-state index in [-0.39, 0.29) is 11.5 Å². The number of carbonyl (C=O) groups excluding carboxylic acids is 1. The molecule has 12 heavy (non-hydrogen) atoms. The fourth-order valence-corrected chi connectivity index (χ4v) is 1.65. The minimum Gasteiger partial charge on any atom is -0.410 e. The van der Waals surface area contributed by atoms with E-state index in [1.807, 2.05) is 13.8 Å². The summed E-state index contributed by atoms with van der Waals surface area (Å²) >= 11 is 0. The molecule has 1 saturated heterocycles. The predicted octanol–water partition coefficient (Wildman–Crippen LogP) is 0.546. The number of Topliss-reactive ketones (excluding diaryl/α,β-unsaturated/α-hetero) is 1. The molecule has 1 aliphatic rings. The van der Waals surface area contributed by atoms with Gasteiger partial charge in [-0.15, -0.1) is 0 Å². The van der Waals surface area contributed by atoms with Crippen molar-refractivity contribution in [3.8, 4) is 0 Å². The van der Waals surface area contributed by atoms with Crippen molar-refractivity contribution >= 4 is 11.5 Å². The van der Waals surface area contributed by atoms with Gasteiger partial charge in [-0.1, -0.05) is 5.16 Å². The number of nitrogens with one attached hydrogen (secondary N) is 1. The molecular formula is C8H14N2O2. The molecule has 1 heterocycles. The van der Waals surface area contributed by atoms with Crippen molar-refractivity contribution < 1.29 is 10.0 Å². The summed E-state index contributed by atoms with van der Waals surface area (Å²) in [6.45, 7) is 7.17. The lowest BCUT2D eigenvalue weighted by Crippen LogP contribution is -2.46. The van der Waals surface area contributed by atoms with Gasteiger partial charge in [-0.25, -0.2) is 0 Å². The fraction of sp³-hybridized carbons (Fsp3) is 0.750. The number of hydrogen-bond acceptors (Lipinski definition) is 4. The Bertz CT molecular complexity index is 254. The molecule has 0 aromatic carbocycles. The Balaban J connectivity index is 3.14. The van der Waals surface area contributed by atoms with E-state index in [0.29, 0.717) is 0 Å². The van der Waals surface area contributed by atoms with Gasteiger partial charge in [-0.3, -0.25) is 10.1 Å². The number of nitrogens with zero attached hydrogens (tertiary/aromatic N) is 1. The summed E-state index contributed by atoms with van der Waals surface area (Å²) in [5.74, 6) is -0.144. The average molecular weight is 170 g/mol. The first-order valence-electron chi connectivity index (χ1n) is 3.88. The molecule has 4 nitrogen and oxygen atoms in total. The molecule has 0 bridgehead atoms. The predicted molar refractivity (Wildman–Crippen MR) is 45.5 cm³/mol. The Kier molecular flexibility index (Phi) is 1.76. The molecule has 0 aliphatic carbocycles. The summed E-state index contributed by atoms with van der Waals surface area (Å²) in [4.78, 5) is 11.5. The molecular weight excluding hydrogens is 156 g/mol. The molecule has 0 aromatic heterocycles. The maximum absolute atomic E-state index is 11.5. The van der Waals surface area contributed by atoms with Crippen LogP contribution in [-0.4, -0.2) is 27.8 Å². The standard InChI is InChI=1S/C8H14N2O2/c1-7(2)5(9-12)6(11)8(3,4)10-7/h10,12H,1-4H3. The van der Waals surface area contributed by atoms with Crippen LogP contribution in [-0.2, 0) is 4.79 Å². The highest BCUT2D eigenvalue weighted by Crippen LogP contribution is 2.24. The summed E-state index contributed by atoms with van der Waals surface area (Å²) in [6, 6.07) is 0. The second-order valence-electron chi connectivity index (χ2n) is 4.15. The molecule has 0 radical (unpaired) electrons. The third-order valence-electron chi connectivity index (χ3n) is 2.10. The zero-order valence-electron chi connectivity index (χ0n) is 7.80. The Morgan fingerprint density at radius 3 is 1.92 bits per heavy atom. The quantitative estimate of drug-likeness (QED) is 0.412. The van der Waals surface area contributed by atoms with Crippen LogP contribution in [0.25, 0.3) is 0 Å². The highest BCUT2D eigenvalue weighted by atomic mass is 16.4. The monoisotopic (exact) mass is 170 g/mol. The number of oxime groups is 1. The Labute approximate surface area is 71.6 Å². The summed E-state index contributed by atoms with van der Waals surface area (Å²) < 4.78 is 0. The zero-order valence-corrected chi connectivity index (χ0v) is 7.80. The Hall–Kier alpha value is -0.900. The van der Waals surface area contributed by atoms with Crippen LogP contribution in [0.5, 0.6) is 0 Å². The van der Waals surface area contributed by atoms with Gasteiger partial charge in [0.15, 0.2) is 0 Å². The molecule has 1 rings (SSSR count). The molecule has 68 valence electrons. The highest BCUT2D eigenvalue weighted by Gasteiger charge is 2.49. The van der Waals surface area contributed by atoms with Crippen LogP contribution in [0.4, 0.5) is 0 Å². The van der Waals surface area contributed by atoms with Crippen molar-refractivity contribution in [3.63, 3.8) is 0 Å². The Morgan fingerprint density at radius 1 is 1.25 bits per heavy atom. The molecule has 1 aliphatic heterocycles. The van der Waals surface area contributed by atoms with Gasteiger partial charge in [-0.05, 0) is 27.7 Å². The topological polar surface area (TPSA) is 61.7 Å². The van der Waals surface area contributed by atoms with E-state index in [4.69, 9.17) is 5.21 Å². The van der Waals surface area contributed by atoms with Crippen LogP contribution in [0.3, 0.4) is 0 Å². The van der Waals surface area contributed by atoms with Crippen molar-refractivity contribution in [2.45, 2.75) is 38.8 Å². The van der Waals surface area contributed by atoms with Gasteiger partial charge < -0.3 is 5.21 Å².